The number of aliphatic hydroxyl groups is 1. The minimum atomic E-state index is -0.603. The van der Waals surface area contributed by atoms with Crippen molar-refractivity contribution < 1.29 is 9.90 Å². The first kappa shape index (κ1) is 15.0. The Kier molecular flexibility index (Phi) is 5.52. The lowest BCUT2D eigenvalue weighted by Crippen LogP contribution is -2.36. The molecule has 0 bridgehead atoms. The van der Waals surface area contributed by atoms with Crippen LogP contribution in [-0.4, -0.2) is 32.0 Å². The highest BCUT2D eigenvalue weighted by atomic mass is 16.3. The third-order valence-electron chi connectivity index (χ3n) is 3.81. The Morgan fingerprint density at radius 1 is 1.45 bits per heavy atom. The van der Waals surface area contributed by atoms with E-state index < -0.39 is 6.10 Å². The van der Waals surface area contributed by atoms with Crippen molar-refractivity contribution in [1.82, 2.24) is 20.3 Å². The molecule has 6 heteroatoms. The maximum absolute atomic E-state index is 12.0. The van der Waals surface area contributed by atoms with Crippen molar-refractivity contribution in [3.63, 3.8) is 0 Å². The van der Waals surface area contributed by atoms with Crippen LogP contribution in [0.4, 0.5) is 0 Å². The molecule has 1 heterocycles. The van der Waals surface area contributed by atoms with E-state index in [-0.39, 0.29) is 12.5 Å². The number of nitrogens with zero attached hydrogens (tertiary/aromatic N) is 3. The first-order valence-electron chi connectivity index (χ1n) is 7.56. The van der Waals surface area contributed by atoms with E-state index in [1.54, 1.807) is 6.20 Å². The Labute approximate surface area is 119 Å². The Hall–Kier alpha value is -1.43. The molecule has 0 aromatic carbocycles. The fourth-order valence-electron chi connectivity index (χ4n) is 2.60. The lowest BCUT2D eigenvalue weighted by molar-refractivity contribution is -0.122. The average Bonchev–Trinajstić information content (AvgIpc) is 2.74. The normalized spacial score (nSPS) is 18.5. The lowest BCUT2D eigenvalue weighted by atomic mass is 10.1. The summed E-state index contributed by atoms with van der Waals surface area (Å²) in [5, 5.41) is 20.5. The van der Waals surface area contributed by atoms with Gasteiger partial charge in [-0.25, -0.2) is 4.68 Å². The van der Waals surface area contributed by atoms with Gasteiger partial charge < -0.3 is 10.4 Å². The number of aromatic nitrogens is 3. The van der Waals surface area contributed by atoms with E-state index in [1.807, 2.05) is 6.92 Å². The summed E-state index contributed by atoms with van der Waals surface area (Å²) in [7, 11) is 0. The summed E-state index contributed by atoms with van der Waals surface area (Å²) >= 11 is 0. The molecule has 112 valence electrons. The van der Waals surface area contributed by atoms with E-state index in [1.165, 1.54) is 30.4 Å². The Morgan fingerprint density at radius 3 is 2.80 bits per heavy atom. The monoisotopic (exact) mass is 280 g/mol. The van der Waals surface area contributed by atoms with Crippen molar-refractivity contribution in [3.8, 4) is 0 Å². The second kappa shape index (κ2) is 7.38. The maximum atomic E-state index is 12.0. The molecule has 1 aromatic rings. The zero-order chi connectivity index (χ0) is 14.4. The minimum absolute atomic E-state index is 0.0284. The molecule has 0 saturated heterocycles. The summed E-state index contributed by atoms with van der Waals surface area (Å²) in [6, 6.07) is 0.300. The average molecular weight is 280 g/mol. The third kappa shape index (κ3) is 4.30. The summed E-state index contributed by atoms with van der Waals surface area (Å²) in [6.07, 6.45) is 8.71. The quantitative estimate of drug-likeness (QED) is 0.802. The van der Waals surface area contributed by atoms with Crippen LogP contribution in [0.1, 0.15) is 63.7 Å². The molecular formula is C14H24N4O2. The fourth-order valence-corrected chi connectivity index (χ4v) is 2.60. The largest absolute Gasteiger partial charge is 0.387 e. The van der Waals surface area contributed by atoms with E-state index in [0.29, 0.717) is 18.2 Å². The Morgan fingerprint density at radius 2 is 2.15 bits per heavy atom. The molecule has 2 rings (SSSR count). The molecule has 1 aliphatic rings. The molecule has 1 atom stereocenters. The number of hydrogen-bond acceptors (Lipinski definition) is 4. The topological polar surface area (TPSA) is 80.0 Å². The molecule has 0 aliphatic heterocycles. The van der Waals surface area contributed by atoms with Gasteiger partial charge in [-0.1, -0.05) is 37.8 Å². The van der Waals surface area contributed by atoms with Crippen molar-refractivity contribution in [3.05, 3.63) is 11.9 Å². The molecule has 2 N–H and O–H groups in total. The molecule has 1 aliphatic carbocycles. The molecule has 1 aromatic heterocycles. The molecule has 0 spiro atoms. The number of hydrogen-bond donors (Lipinski definition) is 2. The molecule has 0 radical (unpaired) electrons. The summed E-state index contributed by atoms with van der Waals surface area (Å²) < 4.78 is 1.49. The molecule has 6 nitrogen and oxygen atoms in total. The van der Waals surface area contributed by atoms with Crippen LogP contribution in [0.15, 0.2) is 6.20 Å². The molecule has 20 heavy (non-hydrogen) atoms. The van der Waals surface area contributed by atoms with Crippen LogP contribution >= 0.6 is 0 Å². The zero-order valence-electron chi connectivity index (χ0n) is 12.1. The van der Waals surface area contributed by atoms with Gasteiger partial charge in [0.25, 0.3) is 0 Å². The fraction of sp³-hybridized carbons (Fsp3) is 0.786. The second-order valence-corrected chi connectivity index (χ2v) is 5.52. The van der Waals surface area contributed by atoms with Gasteiger partial charge in [0, 0.05) is 6.04 Å². The highest BCUT2D eigenvalue weighted by Gasteiger charge is 2.16. The summed E-state index contributed by atoms with van der Waals surface area (Å²) in [4.78, 5) is 12.0. The smallest absolute Gasteiger partial charge is 0.242 e. The Balaban J connectivity index is 1.82. The molecular weight excluding hydrogens is 256 g/mol. The van der Waals surface area contributed by atoms with Gasteiger partial charge in [-0.05, 0) is 19.3 Å². The molecule has 1 amide bonds. The van der Waals surface area contributed by atoms with Crippen LogP contribution in [0, 0.1) is 0 Å². The van der Waals surface area contributed by atoms with Gasteiger partial charge in [0.1, 0.15) is 12.2 Å². The zero-order valence-corrected chi connectivity index (χ0v) is 12.1. The number of carbonyl (C=O) groups is 1. The van der Waals surface area contributed by atoms with Crippen LogP contribution in [0.5, 0.6) is 0 Å². The van der Waals surface area contributed by atoms with Gasteiger partial charge in [-0.2, -0.15) is 0 Å². The number of amides is 1. The maximum Gasteiger partial charge on any atom is 0.242 e. The van der Waals surface area contributed by atoms with Gasteiger partial charge in [0.05, 0.1) is 12.3 Å². The molecule has 1 unspecified atom stereocenters. The van der Waals surface area contributed by atoms with Crippen molar-refractivity contribution in [2.24, 2.45) is 0 Å². The van der Waals surface area contributed by atoms with Gasteiger partial charge >= 0.3 is 0 Å². The third-order valence-corrected chi connectivity index (χ3v) is 3.81. The highest BCUT2D eigenvalue weighted by molar-refractivity contribution is 5.75. The van der Waals surface area contributed by atoms with Gasteiger partial charge in [-0.15, -0.1) is 5.10 Å². The predicted octanol–water partition coefficient (Wildman–Crippen LogP) is 1.56. The minimum Gasteiger partial charge on any atom is -0.387 e. The van der Waals surface area contributed by atoms with Crippen LogP contribution < -0.4 is 5.32 Å². The van der Waals surface area contributed by atoms with E-state index in [2.05, 4.69) is 15.6 Å². The van der Waals surface area contributed by atoms with E-state index >= 15 is 0 Å². The molecule has 1 fully saturated rings. The van der Waals surface area contributed by atoms with Gasteiger partial charge in [0.15, 0.2) is 0 Å². The lowest BCUT2D eigenvalue weighted by Gasteiger charge is -2.15. The first-order valence-corrected chi connectivity index (χ1v) is 7.56. The van der Waals surface area contributed by atoms with Crippen molar-refractivity contribution in [1.29, 1.82) is 0 Å². The van der Waals surface area contributed by atoms with Crippen molar-refractivity contribution in [2.45, 2.75) is 70.6 Å². The SMILES string of the molecule is CCC(O)c1cn(CC(=O)NC2CCCCCC2)nn1. The Bertz CT molecular complexity index is 425. The van der Waals surface area contributed by atoms with Crippen LogP contribution in [0.3, 0.4) is 0 Å². The van der Waals surface area contributed by atoms with Crippen molar-refractivity contribution >= 4 is 5.91 Å². The van der Waals surface area contributed by atoms with E-state index in [9.17, 15) is 9.90 Å². The second-order valence-electron chi connectivity index (χ2n) is 5.52. The predicted molar refractivity (Wildman–Crippen MR) is 74.9 cm³/mol. The number of aliphatic hydroxyl groups excluding tert-OH is 1. The standard InChI is InChI=1S/C14H24N4O2/c1-2-13(19)12-9-18(17-16-12)10-14(20)15-11-7-5-3-4-6-8-11/h9,11,13,19H,2-8,10H2,1H3,(H,15,20). The van der Waals surface area contributed by atoms with E-state index in [4.69, 9.17) is 0 Å². The van der Waals surface area contributed by atoms with Crippen LogP contribution in [-0.2, 0) is 11.3 Å². The summed E-state index contributed by atoms with van der Waals surface area (Å²) in [6.45, 7) is 2.04. The van der Waals surface area contributed by atoms with Crippen LogP contribution in [0.2, 0.25) is 0 Å². The van der Waals surface area contributed by atoms with Gasteiger partial charge in [0.2, 0.25) is 5.91 Å². The highest BCUT2D eigenvalue weighted by Crippen LogP contribution is 2.17. The number of nitrogens with one attached hydrogen (secondary N) is 1. The molecule has 1 saturated carbocycles. The number of rotatable bonds is 5. The first-order chi connectivity index (χ1) is 9.69. The van der Waals surface area contributed by atoms with E-state index in [0.717, 1.165) is 12.8 Å². The number of carbonyl (C=O) groups excluding carboxylic acids is 1. The van der Waals surface area contributed by atoms with Crippen molar-refractivity contribution in [2.75, 3.05) is 0 Å². The van der Waals surface area contributed by atoms with Crippen LogP contribution in [0.25, 0.3) is 0 Å². The summed E-state index contributed by atoms with van der Waals surface area (Å²) in [5.74, 6) is -0.0284. The van der Waals surface area contributed by atoms with Gasteiger partial charge in [-0.3, -0.25) is 4.79 Å². The summed E-state index contributed by atoms with van der Waals surface area (Å²) in [5.41, 5.74) is 0.523.